The van der Waals surface area contributed by atoms with E-state index < -0.39 is 4.75 Å². The zero-order valence-electron chi connectivity index (χ0n) is 17.7. The lowest BCUT2D eigenvalue weighted by atomic mass is 9.84. The summed E-state index contributed by atoms with van der Waals surface area (Å²) in [5, 5.41) is 3.92. The van der Waals surface area contributed by atoms with Gasteiger partial charge in [-0.15, -0.1) is 0 Å². The van der Waals surface area contributed by atoms with Gasteiger partial charge in [-0.1, -0.05) is 48.5 Å². The first-order chi connectivity index (χ1) is 14.5. The van der Waals surface area contributed by atoms with E-state index in [2.05, 4.69) is 12.2 Å². The van der Waals surface area contributed by atoms with Crippen LogP contribution in [0.2, 0.25) is 0 Å². The van der Waals surface area contributed by atoms with E-state index in [-0.39, 0.29) is 17.7 Å². The summed E-state index contributed by atoms with van der Waals surface area (Å²) in [6, 6.07) is 10.3. The van der Waals surface area contributed by atoms with Crippen molar-refractivity contribution in [3.05, 3.63) is 35.9 Å². The highest BCUT2D eigenvalue weighted by Crippen LogP contribution is 2.48. The molecule has 6 heteroatoms. The van der Waals surface area contributed by atoms with Gasteiger partial charge in [0.1, 0.15) is 4.75 Å². The second-order valence-electron chi connectivity index (χ2n) is 9.66. The first-order valence-corrected chi connectivity index (χ1v) is 12.2. The molecule has 4 atom stereocenters. The fraction of sp³-hybridized carbons (Fsp3) is 0.625. The number of nitrogens with zero attached hydrogens (tertiary/aromatic N) is 2. The predicted octanol–water partition coefficient (Wildman–Crippen LogP) is 3.63. The smallest absolute Gasteiger partial charge is 0.242 e. The van der Waals surface area contributed by atoms with E-state index >= 15 is 0 Å². The van der Waals surface area contributed by atoms with Gasteiger partial charge in [-0.2, -0.15) is 0 Å². The van der Waals surface area contributed by atoms with Crippen molar-refractivity contribution in [1.29, 1.82) is 0 Å². The molecule has 5 rings (SSSR count). The van der Waals surface area contributed by atoms with Gasteiger partial charge < -0.3 is 10.2 Å². The number of likely N-dealkylation sites (tertiary alicyclic amines) is 1. The van der Waals surface area contributed by atoms with Crippen molar-refractivity contribution >= 4 is 28.7 Å². The van der Waals surface area contributed by atoms with Crippen molar-refractivity contribution in [2.24, 2.45) is 22.7 Å². The van der Waals surface area contributed by atoms with Crippen LogP contribution >= 0.6 is 11.8 Å². The Morgan fingerprint density at radius 2 is 1.93 bits per heavy atom. The Hall–Kier alpha value is -1.82. The van der Waals surface area contributed by atoms with Gasteiger partial charge in [0, 0.05) is 13.1 Å². The number of amides is 2. The molecule has 160 valence electrons. The lowest BCUT2D eigenvalue weighted by Crippen LogP contribution is -2.47. The minimum absolute atomic E-state index is 0.100. The minimum atomic E-state index is -0.467. The molecule has 2 bridgehead atoms. The van der Waals surface area contributed by atoms with E-state index in [1.54, 1.807) is 11.8 Å². The van der Waals surface area contributed by atoms with Crippen LogP contribution in [-0.2, 0) is 16.0 Å². The molecule has 2 saturated carbocycles. The van der Waals surface area contributed by atoms with Gasteiger partial charge >= 0.3 is 0 Å². The van der Waals surface area contributed by atoms with E-state index in [0.717, 1.165) is 48.5 Å². The van der Waals surface area contributed by atoms with Crippen molar-refractivity contribution in [2.45, 2.75) is 62.7 Å². The molecule has 1 N–H and O–H groups in total. The van der Waals surface area contributed by atoms with E-state index in [4.69, 9.17) is 4.99 Å². The fourth-order valence-corrected chi connectivity index (χ4v) is 7.18. The lowest BCUT2D eigenvalue weighted by molar-refractivity contribution is -0.132. The number of aliphatic imine (C=N–C) groups is 1. The quantitative estimate of drug-likeness (QED) is 0.801. The molecule has 4 aliphatic rings. The maximum absolute atomic E-state index is 12.9. The second-order valence-corrected chi connectivity index (χ2v) is 11.1. The summed E-state index contributed by atoms with van der Waals surface area (Å²) in [5.74, 6) is 2.15. The summed E-state index contributed by atoms with van der Waals surface area (Å²) in [6.07, 6.45) is 7.40. The number of piperidine rings is 1. The normalized spacial score (nSPS) is 35.2. The van der Waals surface area contributed by atoms with E-state index in [1.165, 1.54) is 25.7 Å². The van der Waals surface area contributed by atoms with Crippen molar-refractivity contribution in [3.63, 3.8) is 0 Å². The van der Waals surface area contributed by atoms with Crippen molar-refractivity contribution in [2.75, 3.05) is 13.1 Å². The van der Waals surface area contributed by atoms with Gasteiger partial charge in [-0.25, -0.2) is 0 Å². The highest BCUT2D eigenvalue weighted by Gasteiger charge is 2.50. The van der Waals surface area contributed by atoms with Crippen molar-refractivity contribution < 1.29 is 9.59 Å². The van der Waals surface area contributed by atoms with Crippen LogP contribution in [0.5, 0.6) is 0 Å². The molecule has 2 amide bonds. The maximum Gasteiger partial charge on any atom is 0.242 e. The highest BCUT2D eigenvalue weighted by molar-refractivity contribution is 8.16. The standard InChI is InChI=1S/C24H31N3O2S/c1-24(22(29)26-23(30-24)25-20-14-17-7-8-18(20)13-17)19-9-11-27(12-10-19)21(28)15-16-5-3-2-4-6-16/h2-6,17-20H,7-15H2,1H3,(H,25,26,29)/t17-,18?,20-,24?/m1/s1. The average Bonchev–Trinajstić information content (AvgIpc) is 3.44. The average molecular weight is 426 g/mol. The Morgan fingerprint density at radius 1 is 1.17 bits per heavy atom. The van der Waals surface area contributed by atoms with Crippen LogP contribution in [0.15, 0.2) is 35.3 Å². The molecular formula is C24H31N3O2S. The number of thioether (sulfide) groups is 1. The molecule has 2 unspecified atom stereocenters. The Balaban J connectivity index is 1.18. The number of nitrogens with one attached hydrogen (secondary N) is 1. The number of carbonyl (C=O) groups excluding carboxylic acids is 2. The van der Waals surface area contributed by atoms with Crippen LogP contribution in [-0.4, -0.2) is 45.8 Å². The number of hydrogen-bond donors (Lipinski definition) is 1. The number of benzene rings is 1. The van der Waals surface area contributed by atoms with Crippen LogP contribution in [0.25, 0.3) is 0 Å². The van der Waals surface area contributed by atoms with E-state index in [0.29, 0.717) is 12.5 Å². The predicted molar refractivity (Wildman–Crippen MR) is 120 cm³/mol. The van der Waals surface area contributed by atoms with Crippen LogP contribution in [0.4, 0.5) is 0 Å². The molecule has 0 aromatic heterocycles. The summed E-state index contributed by atoms with van der Waals surface area (Å²) >= 11 is 1.64. The number of rotatable bonds is 4. The molecule has 2 aliphatic carbocycles. The molecule has 4 fully saturated rings. The van der Waals surface area contributed by atoms with Gasteiger partial charge in [0.25, 0.3) is 0 Å². The molecule has 1 aromatic carbocycles. The summed E-state index contributed by atoms with van der Waals surface area (Å²) in [7, 11) is 0. The molecule has 5 nitrogen and oxygen atoms in total. The lowest BCUT2D eigenvalue weighted by Gasteiger charge is -2.38. The second kappa shape index (κ2) is 8.03. The van der Waals surface area contributed by atoms with Crippen LogP contribution < -0.4 is 5.32 Å². The zero-order valence-corrected chi connectivity index (χ0v) is 18.5. The van der Waals surface area contributed by atoms with E-state index in [9.17, 15) is 9.59 Å². The van der Waals surface area contributed by atoms with Gasteiger partial charge in [-0.05, 0) is 62.3 Å². The third-order valence-corrected chi connectivity index (χ3v) is 9.13. The van der Waals surface area contributed by atoms with Gasteiger partial charge in [0.05, 0.1) is 12.5 Å². The van der Waals surface area contributed by atoms with Crippen LogP contribution in [0.1, 0.15) is 51.0 Å². The summed E-state index contributed by atoms with van der Waals surface area (Å²) in [4.78, 5) is 32.5. The maximum atomic E-state index is 12.9. The van der Waals surface area contributed by atoms with E-state index in [1.807, 2.05) is 35.2 Å². The Bertz CT molecular complexity index is 849. The van der Waals surface area contributed by atoms with Crippen LogP contribution in [0.3, 0.4) is 0 Å². The van der Waals surface area contributed by atoms with Gasteiger partial charge in [0.15, 0.2) is 5.17 Å². The number of carbonyl (C=O) groups is 2. The first-order valence-electron chi connectivity index (χ1n) is 11.4. The molecule has 2 aliphatic heterocycles. The third-order valence-electron chi connectivity index (χ3n) is 7.79. The van der Waals surface area contributed by atoms with Crippen molar-refractivity contribution in [3.8, 4) is 0 Å². The monoisotopic (exact) mass is 425 g/mol. The molecule has 0 radical (unpaired) electrons. The number of amidine groups is 1. The van der Waals surface area contributed by atoms with Gasteiger partial charge in [0.2, 0.25) is 11.8 Å². The molecule has 2 saturated heterocycles. The largest absolute Gasteiger partial charge is 0.342 e. The Labute approximate surface area is 183 Å². The number of fused-ring (bicyclic) bond motifs is 2. The SMILES string of the molecule is CC1(C2CCN(C(=O)Cc3ccccc3)CC2)SC(=N[C@@H]2C[C@@H]3CCC2C3)NC1=O. The highest BCUT2D eigenvalue weighted by atomic mass is 32.2. The van der Waals surface area contributed by atoms with Crippen molar-refractivity contribution in [1.82, 2.24) is 10.2 Å². The third kappa shape index (κ3) is 3.79. The summed E-state index contributed by atoms with van der Waals surface area (Å²) in [5.41, 5.74) is 1.06. The zero-order chi connectivity index (χ0) is 20.7. The molecule has 1 aromatic rings. The topological polar surface area (TPSA) is 61.8 Å². The Kier molecular flexibility index (Phi) is 5.38. The van der Waals surface area contributed by atoms with Gasteiger partial charge in [-0.3, -0.25) is 14.6 Å². The van der Waals surface area contributed by atoms with Crippen LogP contribution in [0, 0.1) is 17.8 Å². The summed E-state index contributed by atoms with van der Waals surface area (Å²) in [6.45, 7) is 3.54. The molecule has 0 spiro atoms. The minimum Gasteiger partial charge on any atom is -0.342 e. The number of hydrogen-bond acceptors (Lipinski definition) is 4. The molecular weight excluding hydrogens is 394 g/mol. The summed E-state index contributed by atoms with van der Waals surface area (Å²) < 4.78 is -0.467. The molecule has 30 heavy (non-hydrogen) atoms. The fourth-order valence-electron chi connectivity index (χ4n) is 5.90. The molecule has 2 heterocycles. The first kappa shape index (κ1) is 20.1. The Morgan fingerprint density at radius 3 is 2.60 bits per heavy atom.